The molecule has 0 bridgehead atoms. The van der Waals surface area contributed by atoms with E-state index in [0.29, 0.717) is 16.3 Å². The molecular weight excluding hydrogens is 314 g/mol. The number of aromatic nitrogens is 2. The Morgan fingerprint density at radius 2 is 1.70 bits per heavy atom. The number of carbonyl (C=O) groups is 1. The summed E-state index contributed by atoms with van der Waals surface area (Å²) >= 11 is 5.85. The Morgan fingerprint density at radius 1 is 1.04 bits per heavy atom. The van der Waals surface area contributed by atoms with E-state index in [1.807, 2.05) is 6.07 Å². The van der Waals surface area contributed by atoms with Gasteiger partial charge in [0.15, 0.2) is 5.78 Å². The first-order valence-corrected chi connectivity index (χ1v) is 7.19. The number of halogens is 1. The van der Waals surface area contributed by atoms with E-state index in [1.165, 1.54) is 10.8 Å². The standard InChI is InChI=1S/C17H12ClN3O2/c18-12-6-8-13(9-7-12)21-16(19)14(10-20-17(21)23)15(22)11-4-2-1-3-5-11/h1-10H,19H2. The molecule has 0 saturated heterocycles. The van der Waals surface area contributed by atoms with E-state index in [-0.39, 0.29) is 17.2 Å². The minimum Gasteiger partial charge on any atom is -0.384 e. The molecule has 0 aliphatic carbocycles. The number of nitrogen functional groups attached to an aromatic ring is 1. The van der Waals surface area contributed by atoms with Crippen LogP contribution in [-0.2, 0) is 0 Å². The van der Waals surface area contributed by atoms with Gasteiger partial charge in [0, 0.05) is 16.8 Å². The summed E-state index contributed by atoms with van der Waals surface area (Å²) in [5.41, 5.74) is 6.64. The lowest BCUT2D eigenvalue weighted by molar-refractivity contribution is 0.103. The van der Waals surface area contributed by atoms with Crippen LogP contribution in [0.4, 0.5) is 5.82 Å². The third-order valence-electron chi connectivity index (χ3n) is 3.38. The lowest BCUT2D eigenvalue weighted by Gasteiger charge is -2.12. The highest BCUT2D eigenvalue weighted by Crippen LogP contribution is 2.19. The van der Waals surface area contributed by atoms with Crippen molar-refractivity contribution in [2.45, 2.75) is 0 Å². The van der Waals surface area contributed by atoms with Crippen LogP contribution < -0.4 is 11.4 Å². The normalized spacial score (nSPS) is 10.5. The van der Waals surface area contributed by atoms with Gasteiger partial charge in [-0.05, 0) is 24.3 Å². The van der Waals surface area contributed by atoms with Crippen molar-refractivity contribution in [3.63, 3.8) is 0 Å². The Morgan fingerprint density at radius 3 is 2.35 bits per heavy atom. The van der Waals surface area contributed by atoms with Crippen LogP contribution in [0.1, 0.15) is 15.9 Å². The van der Waals surface area contributed by atoms with Crippen molar-refractivity contribution in [3.8, 4) is 5.69 Å². The van der Waals surface area contributed by atoms with Gasteiger partial charge in [-0.1, -0.05) is 41.9 Å². The van der Waals surface area contributed by atoms with Crippen molar-refractivity contribution in [1.29, 1.82) is 0 Å². The largest absolute Gasteiger partial charge is 0.384 e. The molecule has 0 fully saturated rings. The molecule has 23 heavy (non-hydrogen) atoms. The van der Waals surface area contributed by atoms with Gasteiger partial charge in [-0.2, -0.15) is 0 Å². The third kappa shape index (κ3) is 2.86. The zero-order valence-electron chi connectivity index (χ0n) is 11.9. The van der Waals surface area contributed by atoms with E-state index < -0.39 is 5.69 Å². The Bertz CT molecular complexity index is 919. The monoisotopic (exact) mass is 325 g/mol. The first kappa shape index (κ1) is 15.0. The molecule has 2 N–H and O–H groups in total. The SMILES string of the molecule is Nc1c(C(=O)c2ccccc2)cnc(=O)n1-c1ccc(Cl)cc1. The van der Waals surface area contributed by atoms with E-state index in [1.54, 1.807) is 48.5 Å². The van der Waals surface area contributed by atoms with Crippen molar-refractivity contribution in [2.24, 2.45) is 0 Å². The fourth-order valence-electron chi connectivity index (χ4n) is 2.23. The molecule has 5 nitrogen and oxygen atoms in total. The number of ketones is 1. The number of benzene rings is 2. The molecule has 0 unspecified atom stereocenters. The van der Waals surface area contributed by atoms with Gasteiger partial charge in [-0.15, -0.1) is 0 Å². The van der Waals surface area contributed by atoms with Gasteiger partial charge in [-0.3, -0.25) is 4.79 Å². The first-order chi connectivity index (χ1) is 11.1. The lowest BCUT2D eigenvalue weighted by Crippen LogP contribution is -2.26. The molecule has 0 saturated carbocycles. The van der Waals surface area contributed by atoms with Crippen LogP contribution in [0, 0.1) is 0 Å². The minimum absolute atomic E-state index is 0.0428. The summed E-state index contributed by atoms with van der Waals surface area (Å²) in [5, 5.41) is 0.532. The van der Waals surface area contributed by atoms with Gasteiger partial charge < -0.3 is 5.73 Å². The molecule has 0 radical (unpaired) electrons. The highest BCUT2D eigenvalue weighted by Gasteiger charge is 2.17. The fraction of sp³-hybridized carbons (Fsp3) is 0. The Hall–Kier alpha value is -2.92. The van der Waals surface area contributed by atoms with Crippen molar-refractivity contribution in [3.05, 3.63) is 87.4 Å². The molecule has 3 aromatic rings. The summed E-state index contributed by atoms with van der Waals surface area (Å²) in [7, 11) is 0. The Labute approximate surface area is 137 Å². The van der Waals surface area contributed by atoms with E-state index >= 15 is 0 Å². The predicted octanol–water partition coefficient (Wildman–Crippen LogP) is 2.70. The molecule has 0 spiro atoms. The summed E-state index contributed by atoms with van der Waals surface area (Å²) in [5.74, 6) is -0.250. The number of anilines is 1. The summed E-state index contributed by atoms with van der Waals surface area (Å²) in [6.07, 6.45) is 1.21. The van der Waals surface area contributed by atoms with Gasteiger partial charge in [0.1, 0.15) is 5.82 Å². The maximum Gasteiger partial charge on any atom is 0.353 e. The van der Waals surface area contributed by atoms with Gasteiger partial charge in [0.05, 0.1) is 11.3 Å². The van der Waals surface area contributed by atoms with E-state index in [0.717, 1.165) is 0 Å². The topological polar surface area (TPSA) is 78.0 Å². The molecule has 0 atom stereocenters. The maximum atomic E-state index is 12.6. The molecule has 0 aliphatic rings. The van der Waals surface area contributed by atoms with E-state index in [2.05, 4.69) is 4.98 Å². The first-order valence-electron chi connectivity index (χ1n) is 6.81. The number of hydrogen-bond acceptors (Lipinski definition) is 4. The van der Waals surface area contributed by atoms with Crippen molar-refractivity contribution in [2.75, 3.05) is 5.73 Å². The van der Waals surface area contributed by atoms with Gasteiger partial charge in [-0.25, -0.2) is 14.3 Å². The minimum atomic E-state index is -0.561. The molecule has 0 amide bonds. The molecule has 0 aliphatic heterocycles. The Kier molecular flexibility index (Phi) is 3.95. The summed E-state index contributed by atoms with van der Waals surface area (Å²) in [4.78, 5) is 28.4. The van der Waals surface area contributed by atoms with Gasteiger partial charge in [0.25, 0.3) is 0 Å². The second-order valence-corrected chi connectivity index (χ2v) is 5.28. The smallest absolute Gasteiger partial charge is 0.353 e. The van der Waals surface area contributed by atoms with Crippen LogP contribution >= 0.6 is 11.6 Å². The highest BCUT2D eigenvalue weighted by molar-refractivity contribution is 6.30. The molecule has 1 heterocycles. The zero-order valence-corrected chi connectivity index (χ0v) is 12.7. The van der Waals surface area contributed by atoms with Crippen molar-refractivity contribution >= 4 is 23.2 Å². The summed E-state index contributed by atoms with van der Waals surface area (Å²) in [6, 6.07) is 15.2. The van der Waals surface area contributed by atoms with Crippen LogP contribution in [-0.4, -0.2) is 15.3 Å². The van der Waals surface area contributed by atoms with E-state index in [9.17, 15) is 9.59 Å². The molecule has 114 valence electrons. The van der Waals surface area contributed by atoms with Gasteiger partial charge >= 0.3 is 5.69 Å². The number of carbonyl (C=O) groups excluding carboxylic acids is 1. The summed E-state index contributed by atoms with van der Waals surface area (Å²) in [6.45, 7) is 0. The number of nitrogens with two attached hydrogens (primary N) is 1. The number of nitrogens with zero attached hydrogens (tertiary/aromatic N) is 2. The molecule has 3 rings (SSSR count). The predicted molar refractivity (Wildman–Crippen MR) is 89.1 cm³/mol. The zero-order chi connectivity index (χ0) is 16.4. The van der Waals surface area contributed by atoms with Crippen molar-refractivity contribution in [1.82, 2.24) is 9.55 Å². The van der Waals surface area contributed by atoms with Crippen LogP contribution in [0.2, 0.25) is 5.02 Å². The molecule has 2 aromatic carbocycles. The quantitative estimate of drug-likeness (QED) is 0.751. The highest BCUT2D eigenvalue weighted by atomic mass is 35.5. The summed E-state index contributed by atoms with van der Waals surface area (Å²) < 4.78 is 1.19. The fourth-order valence-corrected chi connectivity index (χ4v) is 2.35. The molecular formula is C17H12ClN3O2. The lowest BCUT2D eigenvalue weighted by atomic mass is 10.1. The second-order valence-electron chi connectivity index (χ2n) is 4.85. The Balaban J connectivity index is 2.15. The molecule has 6 heteroatoms. The average Bonchev–Trinajstić information content (AvgIpc) is 2.57. The van der Waals surface area contributed by atoms with Crippen LogP contribution in [0.25, 0.3) is 5.69 Å². The molecule has 1 aromatic heterocycles. The van der Waals surface area contributed by atoms with Crippen molar-refractivity contribution < 1.29 is 4.79 Å². The van der Waals surface area contributed by atoms with Crippen LogP contribution in [0.5, 0.6) is 0 Å². The third-order valence-corrected chi connectivity index (χ3v) is 3.63. The number of hydrogen-bond donors (Lipinski definition) is 1. The second kappa shape index (κ2) is 6.06. The average molecular weight is 326 g/mol. The number of rotatable bonds is 3. The van der Waals surface area contributed by atoms with Crippen LogP contribution in [0.3, 0.4) is 0 Å². The van der Waals surface area contributed by atoms with Gasteiger partial charge in [0.2, 0.25) is 0 Å². The maximum absolute atomic E-state index is 12.6. The van der Waals surface area contributed by atoms with Crippen LogP contribution in [0.15, 0.2) is 65.6 Å². The van der Waals surface area contributed by atoms with E-state index in [4.69, 9.17) is 17.3 Å².